The van der Waals surface area contributed by atoms with Crippen LogP contribution in [0.25, 0.3) is 54.5 Å². The summed E-state index contributed by atoms with van der Waals surface area (Å²) in [7, 11) is 5.43. The van der Waals surface area contributed by atoms with Gasteiger partial charge >= 0.3 is 0 Å². The molecule has 5 amide bonds. The predicted octanol–water partition coefficient (Wildman–Crippen LogP) is 14.3. The van der Waals surface area contributed by atoms with Crippen LogP contribution in [-0.4, -0.2) is 118 Å². The first-order chi connectivity index (χ1) is 53.7. The number of fused-ring (bicyclic) bond motifs is 5. The number of benzene rings is 5. The summed E-state index contributed by atoms with van der Waals surface area (Å²) in [6.07, 6.45) is 14.5. The van der Waals surface area contributed by atoms with Crippen LogP contribution >= 0.6 is 34.8 Å². The van der Waals surface area contributed by atoms with E-state index in [4.69, 9.17) is 53.7 Å². The fourth-order valence-electron chi connectivity index (χ4n) is 12.7. The molecule has 3 atom stereocenters. The van der Waals surface area contributed by atoms with E-state index in [9.17, 15) is 29.1 Å². The van der Waals surface area contributed by atoms with Crippen LogP contribution in [-0.2, 0) is 36.5 Å². The van der Waals surface area contributed by atoms with Gasteiger partial charge in [-0.25, -0.2) is 4.98 Å². The minimum absolute atomic E-state index is 0.0990. The number of H-pyrrole nitrogens is 5. The van der Waals surface area contributed by atoms with Crippen molar-refractivity contribution in [1.29, 1.82) is 5.26 Å². The Morgan fingerprint density at radius 3 is 1.57 bits per heavy atom. The molecule has 0 radical (unpaired) electrons. The van der Waals surface area contributed by atoms with Crippen LogP contribution in [0, 0.1) is 32.1 Å². The molecule has 0 saturated heterocycles. The lowest BCUT2D eigenvalue weighted by Gasteiger charge is -2.16. The van der Waals surface area contributed by atoms with E-state index in [-0.39, 0.29) is 64.5 Å². The molecular weight excluding hydrogens is 1490 g/mol. The number of nitriles is 1. The van der Waals surface area contributed by atoms with Gasteiger partial charge in [0.25, 0.3) is 29.5 Å². The third-order valence-corrected chi connectivity index (χ3v) is 20.0. The fraction of sp³-hybridized carbons (Fsp3) is 0.250. The van der Waals surface area contributed by atoms with Crippen molar-refractivity contribution >= 4 is 119 Å². The van der Waals surface area contributed by atoms with Gasteiger partial charge in [0.05, 0.1) is 66.5 Å². The van der Waals surface area contributed by atoms with Crippen LogP contribution < -0.4 is 26.6 Å². The maximum atomic E-state index is 12.6. The molecule has 0 spiro atoms. The monoisotopic (exact) mass is 1570 g/mol. The first-order valence-electron chi connectivity index (χ1n) is 35.7. The second-order valence-corrected chi connectivity index (χ2v) is 28.9. The third kappa shape index (κ3) is 18.1. The summed E-state index contributed by atoms with van der Waals surface area (Å²) in [6.45, 7) is 12.3. The van der Waals surface area contributed by atoms with Gasteiger partial charge in [-0.3, -0.25) is 38.0 Å². The molecule has 2 aliphatic rings. The fourth-order valence-corrected chi connectivity index (χ4v) is 13.2. The maximum Gasteiger partial charge on any atom is 0.268 e. The van der Waals surface area contributed by atoms with E-state index in [1.165, 1.54) is 0 Å². The van der Waals surface area contributed by atoms with Crippen molar-refractivity contribution < 1.29 is 42.8 Å². The average molecular weight is 1570 g/mol. The first kappa shape index (κ1) is 77.4. The minimum Gasteiger partial charge on any atom is -0.508 e. The maximum absolute atomic E-state index is 12.6. The summed E-state index contributed by atoms with van der Waals surface area (Å²) < 4.78 is 20.6. The van der Waals surface area contributed by atoms with Crippen LogP contribution in [0.1, 0.15) is 168 Å². The molecule has 574 valence electrons. The van der Waals surface area contributed by atoms with Gasteiger partial charge in [-0.05, 0) is 176 Å². The molecule has 29 nitrogen and oxygen atoms in total. The van der Waals surface area contributed by atoms with Gasteiger partial charge in [0, 0.05) is 139 Å². The Bertz CT molecular complexity index is 5890. The molecule has 10 heterocycles. The van der Waals surface area contributed by atoms with Gasteiger partial charge in [0.2, 0.25) is 5.89 Å². The molecule has 2 saturated carbocycles. The van der Waals surface area contributed by atoms with Crippen molar-refractivity contribution in [3.8, 4) is 11.8 Å². The number of nitrogens with one attached hydrogen (secondary N) is 10. The summed E-state index contributed by atoms with van der Waals surface area (Å²) in [5.41, 5.74) is 11.5. The first-order valence-corrected chi connectivity index (χ1v) is 36.8. The molecule has 0 aliphatic heterocycles. The van der Waals surface area contributed by atoms with E-state index < -0.39 is 0 Å². The van der Waals surface area contributed by atoms with Crippen molar-refractivity contribution in [2.24, 2.45) is 14.1 Å². The highest BCUT2D eigenvalue weighted by Crippen LogP contribution is 2.47. The summed E-state index contributed by atoms with van der Waals surface area (Å²) >= 11 is 17.9. The largest absolute Gasteiger partial charge is 0.508 e. The standard InChI is InChI=1S/C18H19N5O2.C17H17ClN4O.C16H16N4O2.C15H14ClN3O2.C14H13ClN4O2/c1-12(15-10-20-23(11-15)5-6-25-2)21-18(24)17-8-14-7-13(9-19)3-4-16(14)22-17;1-10-13(9-19-22(10)2)17(5-6-17)21-16(23)15-8-11-7-12(18)3-4-14(11)20-15;1-20-9-11(8-17-20)16(4-5-16)19-15(22)14-6-10-2-3-12(21)7-13(10)18-14;1-8(14-7-21-9(2)18-14)17-15(20)13-6-10-5-11(16)3-4-12(10)19-13;1-7(14-17-8(2)19-21-14)16-13(20)12-6-9-5-10(15)3-4-11(9)18-12/h3-4,7-8,10-12,22H,5-6H2,1-2H3,(H,21,24);3-4,7-9,20H,5-6H2,1-2H3,(H,21,23);2-3,6-9,18,21H,4-5H2,1H3,(H,19,22);3-8,19H,1-2H3,(H,17,20);3-7,18H,1-2H3,(H,16,20). The van der Waals surface area contributed by atoms with E-state index in [0.29, 0.717) is 85.6 Å². The number of aromatic hydroxyl groups is 1. The number of methoxy groups -OCH3 is 1. The number of phenols is 1. The summed E-state index contributed by atoms with van der Waals surface area (Å²) in [5.74, 6) is 0.774. The SMILES string of the molecule is COCCn1cc(C(C)NC(=O)c2cc3cc(C#N)ccc3[nH]2)cn1.Cc1c(C2(NC(=O)c3cc4cc(Cl)ccc4[nH]3)CC2)cnn1C.Cc1nc(C(C)NC(=O)c2cc3cc(Cl)ccc3[nH]2)co1.Cc1noc(C(C)NC(=O)c2cc3cc(Cl)ccc3[nH]2)n1.Cn1cc(C2(NC(=O)c3cc4ccc(O)cc4[nH]3)CC2)cn1. The number of aromatic nitrogens is 14. The number of oxazole rings is 1. The number of halogens is 3. The third-order valence-electron chi connectivity index (χ3n) is 19.3. The predicted molar refractivity (Wildman–Crippen MR) is 423 cm³/mol. The Morgan fingerprint density at radius 2 is 1.09 bits per heavy atom. The van der Waals surface area contributed by atoms with Gasteiger partial charge in [0.15, 0.2) is 11.7 Å². The highest BCUT2D eigenvalue weighted by atomic mass is 35.5. The number of hydrogen-bond acceptors (Lipinski definition) is 16. The molecule has 17 rings (SSSR count). The number of rotatable bonds is 18. The van der Waals surface area contributed by atoms with Crippen LogP contribution in [0.15, 0.2) is 168 Å². The molecule has 15 aromatic rings. The molecular formula is C80H79Cl3N20O9. The van der Waals surface area contributed by atoms with Crippen LogP contribution in [0.3, 0.4) is 0 Å². The summed E-state index contributed by atoms with van der Waals surface area (Å²) in [4.78, 5) is 85.8. The number of aryl methyl sites for hydroxylation is 4. The molecule has 5 aromatic carbocycles. The number of carbonyl (C=O) groups excluding carboxylic acids is 5. The molecule has 0 bridgehead atoms. The lowest BCUT2D eigenvalue weighted by atomic mass is 10.1. The van der Waals surface area contributed by atoms with Gasteiger partial charge in [0.1, 0.15) is 52.2 Å². The normalized spacial score (nSPS) is 13.7. The second-order valence-electron chi connectivity index (χ2n) is 27.6. The van der Waals surface area contributed by atoms with Gasteiger partial charge in [-0.15, -0.1) is 0 Å². The van der Waals surface area contributed by atoms with E-state index in [1.54, 1.807) is 135 Å². The topological polar surface area (TPSA) is 396 Å². The lowest BCUT2D eigenvalue weighted by Crippen LogP contribution is -2.35. The van der Waals surface area contributed by atoms with E-state index >= 15 is 0 Å². The molecule has 32 heteroatoms. The lowest BCUT2D eigenvalue weighted by molar-refractivity contribution is 0.0918. The number of hydrogen-bond donors (Lipinski definition) is 11. The van der Waals surface area contributed by atoms with E-state index in [1.807, 2.05) is 101 Å². The second kappa shape index (κ2) is 32.8. The summed E-state index contributed by atoms with van der Waals surface area (Å²) in [5, 5.41) is 56.2. The number of ether oxygens (including phenoxy) is 1. The summed E-state index contributed by atoms with van der Waals surface area (Å²) in [6, 6.07) is 36.9. The van der Waals surface area contributed by atoms with Crippen LogP contribution in [0.4, 0.5) is 0 Å². The van der Waals surface area contributed by atoms with Gasteiger partial charge < -0.3 is 70.3 Å². The van der Waals surface area contributed by atoms with E-state index in [2.05, 4.69) is 88.0 Å². The van der Waals surface area contributed by atoms with Crippen molar-refractivity contribution in [3.05, 3.63) is 253 Å². The number of phenolic OH excluding ortho intramolecular Hbond substituents is 1. The van der Waals surface area contributed by atoms with Crippen molar-refractivity contribution in [2.75, 3.05) is 13.7 Å². The Morgan fingerprint density at radius 1 is 0.580 bits per heavy atom. The zero-order chi connectivity index (χ0) is 79.3. The molecule has 112 heavy (non-hydrogen) atoms. The molecule has 11 N–H and O–H groups in total. The number of amides is 5. The smallest absolute Gasteiger partial charge is 0.268 e. The Balaban J connectivity index is 0.000000123. The number of carbonyl (C=O) groups is 5. The van der Waals surface area contributed by atoms with Gasteiger partial charge in [-0.1, -0.05) is 40.0 Å². The molecule has 10 aromatic heterocycles. The zero-order valence-electron chi connectivity index (χ0n) is 62.3. The van der Waals surface area contributed by atoms with E-state index in [0.717, 1.165) is 103 Å². The van der Waals surface area contributed by atoms with Crippen molar-refractivity contribution in [3.63, 3.8) is 0 Å². The number of aromatic amines is 5. The molecule has 3 unspecified atom stereocenters. The minimum atomic E-state index is -0.367. The van der Waals surface area contributed by atoms with Crippen LogP contribution in [0.2, 0.25) is 15.1 Å². The molecule has 2 aliphatic carbocycles. The van der Waals surface area contributed by atoms with Crippen molar-refractivity contribution in [2.45, 2.75) is 103 Å². The molecule has 2 fully saturated rings. The zero-order valence-corrected chi connectivity index (χ0v) is 64.6. The Hall–Kier alpha value is -12.8. The van der Waals surface area contributed by atoms with Crippen molar-refractivity contribution in [1.82, 2.24) is 96.0 Å². The Labute approximate surface area is 655 Å². The average Bonchev–Trinajstić information content (AvgIpc) is 1.61. The Kier molecular flexibility index (Phi) is 22.7. The number of nitrogens with zero attached hydrogens (tertiary/aromatic N) is 10. The highest BCUT2D eigenvalue weighted by molar-refractivity contribution is 6.32. The quantitative estimate of drug-likeness (QED) is 0.0380. The van der Waals surface area contributed by atoms with Crippen LogP contribution in [0.5, 0.6) is 5.75 Å². The highest BCUT2D eigenvalue weighted by Gasteiger charge is 2.48. The van der Waals surface area contributed by atoms with Gasteiger partial charge in [-0.2, -0.15) is 25.5 Å².